The van der Waals surface area contributed by atoms with Crippen LogP contribution in [-0.2, 0) is 16.4 Å². The topological polar surface area (TPSA) is 123 Å². The highest BCUT2D eigenvalue weighted by atomic mass is 35.5. The predicted molar refractivity (Wildman–Crippen MR) is 93.6 cm³/mol. The minimum atomic E-state index is -3.38. The van der Waals surface area contributed by atoms with Crippen molar-refractivity contribution in [3.8, 4) is 0 Å². The minimum Gasteiger partial charge on any atom is -0.347 e. The highest BCUT2D eigenvalue weighted by molar-refractivity contribution is 7.90. The van der Waals surface area contributed by atoms with E-state index in [9.17, 15) is 8.42 Å². The van der Waals surface area contributed by atoms with E-state index in [-0.39, 0.29) is 23.2 Å². The highest BCUT2D eigenvalue weighted by Crippen LogP contribution is 2.27. The number of halogens is 1. The van der Waals surface area contributed by atoms with Crippen molar-refractivity contribution < 1.29 is 12.9 Å². The first kappa shape index (κ1) is 19.5. The molecule has 25 heavy (non-hydrogen) atoms. The summed E-state index contributed by atoms with van der Waals surface area (Å²) < 4.78 is 29.0. The summed E-state index contributed by atoms with van der Waals surface area (Å²) in [5.41, 5.74) is 0.562. The Balaban J connectivity index is 0.00000225. The van der Waals surface area contributed by atoms with Crippen LogP contribution in [0.1, 0.15) is 36.2 Å². The molecule has 138 valence electrons. The number of hydrogen-bond acceptors (Lipinski definition) is 9. The third-order valence-electron chi connectivity index (χ3n) is 3.84. The third-order valence-corrected chi connectivity index (χ3v) is 4.95. The van der Waals surface area contributed by atoms with Gasteiger partial charge in [-0.3, -0.25) is 0 Å². The summed E-state index contributed by atoms with van der Waals surface area (Å²) in [7, 11) is -3.38. The smallest absolute Gasteiger partial charge is 0.223 e. The predicted octanol–water partition coefficient (Wildman–Crippen LogP) is 1.07. The standard InChI is InChI=1S/C14H20N6O3S.ClH/c1-9-18-12(20-23-9)8-17-14-16-7-11(24(2,21)22)13(19-14)10-4-3-5-15-6-10;/h7,10,15H,3-6,8H2,1-2H3,(H,16,17,19);1H. The first-order chi connectivity index (χ1) is 11.4. The summed E-state index contributed by atoms with van der Waals surface area (Å²) in [6, 6.07) is 0. The van der Waals surface area contributed by atoms with Gasteiger partial charge in [0.2, 0.25) is 11.8 Å². The SMILES string of the molecule is Cc1nc(CNc2ncc(S(C)(=O)=O)c(C3CCCNC3)n2)no1.Cl. The quantitative estimate of drug-likeness (QED) is 0.773. The normalized spacial score (nSPS) is 17.8. The van der Waals surface area contributed by atoms with E-state index in [1.54, 1.807) is 6.92 Å². The molecule has 1 unspecified atom stereocenters. The molecular weight excluding hydrogens is 368 g/mol. The molecule has 0 radical (unpaired) electrons. The zero-order valence-electron chi connectivity index (χ0n) is 14.0. The van der Waals surface area contributed by atoms with Gasteiger partial charge in [0.25, 0.3) is 0 Å². The van der Waals surface area contributed by atoms with Gasteiger partial charge in [-0.2, -0.15) is 4.98 Å². The Morgan fingerprint density at radius 3 is 2.80 bits per heavy atom. The molecule has 9 nitrogen and oxygen atoms in total. The van der Waals surface area contributed by atoms with Gasteiger partial charge in [-0.15, -0.1) is 12.4 Å². The second-order valence-electron chi connectivity index (χ2n) is 5.84. The van der Waals surface area contributed by atoms with Gasteiger partial charge in [-0.25, -0.2) is 18.4 Å². The number of rotatable bonds is 5. The Labute approximate surface area is 152 Å². The van der Waals surface area contributed by atoms with Gasteiger partial charge >= 0.3 is 0 Å². The van der Waals surface area contributed by atoms with E-state index in [1.165, 1.54) is 12.5 Å². The molecule has 0 aliphatic carbocycles. The van der Waals surface area contributed by atoms with Gasteiger partial charge in [-0.05, 0) is 19.4 Å². The van der Waals surface area contributed by atoms with Crippen LogP contribution in [0.4, 0.5) is 5.95 Å². The number of sulfone groups is 1. The van der Waals surface area contributed by atoms with Crippen molar-refractivity contribution in [2.75, 3.05) is 24.7 Å². The largest absolute Gasteiger partial charge is 0.347 e. The molecule has 0 amide bonds. The Morgan fingerprint density at radius 1 is 1.40 bits per heavy atom. The zero-order chi connectivity index (χ0) is 17.2. The average molecular weight is 389 g/mol. The molecule has 2 N–H and O–H groups in total. The molecule has 0 bridgehead atoms. The number of aromatic nitrogens is 4. The molecule has 1 aliphatic rings. The zero-order valence-corrected chi connectivity index (χ0v) is 15.7. The van der Waals surface area contributed by atoms with E-state index in [0.29, 0.717) is 36.4 Å². The summed E-state index contributed by atoms with van der Waals surface area (Å²) >= 11 is 0. The number of anilines is 1. The summed E-state index contributed by atoms with van der Waals surface area (Å²) in [6.45, 7) is 3.67. The number of aryl methyl sites for hydroxylation is 1. The molecule has 2 aromatic heterocycles. The number of nitrogens with zero attached hydrogens (tertiary/aromatic N) is 4. The molecule has 1 atom stereocenters. The molecule has 3 heterocycles. The lowest BCUT2D eigenvalue weighted by Crippen LogP contribution is -2.30. The fourth-order valence-corrected chi connectivity index (χ4v) is 3.54. The van der Waals surface area contributed by atoms with Crippen LogP contribution in [-0.4, -0.2) is 47.9 Å². The Morgan fingerprint density at radius 2 is 2.20 bits per heavy atom. The van der Waals surface area contributed by atoms with Crippen LogP contribution in [0, 0.1) is 6.92 Å². The number of piperidine rings is 1. The molecular formula is C14H21ClN6O3S. The van der Waals surface area contributed by atoms with E-state index < -0.39 is 9.84 Å². The second kappa shape index (κ2) is 8.07. The molecule has 3 rings (SSSR count). The van der Waals surface area contributed by atoms with Crippen molar-refractivity contribution in [3.05, 3.63) is 23.6 Å². The van der Waals surface area contributed by atoms with Crippen LogP contribution in [0.5, 0.6) is 0 Å². The molecule has 0 saturated carbocycles. The lowest BCUT2D eigenvalue weighted by atomic mass is 9.96. The maximum absolute atomic E-state index is 12.0. The first-order valence-corrected chi connectivity index (χ1v) is 9.63. The van der Waals surface area contributed by atoms with Crippen LogP contribution < -0.4 is 10.6 Å². The first-order valence-electron chi connectivity index (χ1n) is 7.74. The minimum absolute atomic E-state index is 0. The number of hydrogen-bond donors (Lipinski definition) is 2. The summed E-state index contributed by atoms with van der Waals surface area (Å²) in [5, 5.41) is 10.1. The van der Waals surface area contributed by atoms with Crippen molar-refractivity contribution in [1.29, 1.82) is 0 Å². The Bertz CT molecular complexity index is 820. The summed E-state index contributed by atoms with van der Waals surface area (Å²) in [5.74, 6) is 1.38. The van der Waals surface area contributed by atoms with E-state index in [1.807, 2.05) is 0 Å². The van der Waals surface area contributed by atoms with Crippen molar-refractivity contribution >= 4 is 28.2 Å². The molecule has 1 fully saturated rings. The van der Waals surface area contributed by atoms with Crippen LogP contribution in [0.3, 0.4) is 0 Å². The maximum Gasteiger partial charge on any atom is 0.223 e. The monoisotopic (exact) mass is 388 g/mol. The molecule has 0 spiro atoms. The summed E-state index contributed by atoms with van der Waals surface area (Å²) in [4.78, 5) is 12.9. The van der Waals surface area contributed by atoms with Crippen LogP contribution in [0.15, 0.2) is 15.6 Å². The molecule has 2 aromatic rings. The van der Waals surface area contributed by atoms with Gasteiger partial charge < -0.3 is 15.2 Å². The van der Waals surface area contributed by atoms with Gasteiger partial charge in [0.15, 0.2) is 15.7 Å². The van der Waals surface area contributed by atoms with Gasteiger partial charge in [-0.1, -0.05) is 5.16 Å². The Kier molecular flexibility index (Phi) is 6.31. The summed E-state index contributed by atoms with van der Waals surface area (Å²) in [6.07, 6.45) is 4.44. The average Bonchev–Trinajstić information content (AvgIpc) is 2.98. The second-order valence-corrected chi connectivity index (χ2v) is 7.83. The van der Waals surface area contributed by atoms with Crippen molar-refractivity contribution in [3.63, 3.8) is 0 Å². The van der Waals surface area contributed by atoms with E-state index in [2.05, 4.69) is 30.7 Å². The molecule has 0 aromatic carbocycles. The van der Waals surface area contributed by atoms with E-state index >= 15 is 0 Å². The third kappa shape index (κ3) is 4.86. The van der Waals surface area contributed by atoms with E-state index in [4.69, 9.17) is 4.52 Å². The van der Waals surface area contributed by atoms with Crippen molar-refractivity contribution in [2.45, 2.75) is 37.1 Å². The van der Waals surface area contributed by atoms with Crippen LogP contribution in [0.2, 0.25) is 0 Å². The molecule has 1 aliphatic heterocycles. The maximum atomic E-state index is 12.0. The van der Waals surface area contributed by atoms with Gasteiger partial charge in [0, 0.05) is 25.6 Å². The lowest BCUT2D eigenvalue weighted by Gasteiger charge is -2.24. The fourth-order valence-electron chi connectivity index (χ4n) is 2.70. The highest BCUT2D eigenvalue weighted by Gasteiger charge is 2.25. The fraction of sp³-hybridized carbons (Fsp3) is 0.571. The van der Waals surface area contributed by atoms with Crippen LogP contribution in [0.25, 0.3) is 0 Å². The van der Waals surface area contributed by atoms with Crippen molar-refractivity contribution in [2.24, 2.45) is 0 Å². The van der Waals surface area contributed by atoms with Crippen molar-refractivity contribution in [1.82, 2.24) is 25.4 Å². The molecule has 1 saturated heterocycles. The number of nitrogens with one attached hydrogen (secondary N) is 2. The van der Waals surface area contributed by atoms with Crippen LogP contribution >= 0.6 is 12.4 Å². The Hall–Kier alpha value is -1.78. The van der Waals surface area contributed by atoms with Gasteiger partial charge in [0.05, 0.1) is 18.4 Å². The lowest BCUT2D eigenvalue weighted by molar-refractivity contribution is 0.388. The van der Waals surface area contributed by atoms with Gasteiger partial charge in [0.1, 0.15) is 4.90 Å². The van der Waals surface area contributed by atoms with E-state index in [0.717, 1.165) is 19.4 Å². The molecule has 11 heteroatoms.